The quantitative estimate of drug-likeness (QED) is 0.207. The van der Waals surface area contributed by atoms with E-state index in [9.17, 15) is 24.0 Å². The molecule has 4 N–H and O–H groups in total. The monoisotopic (exact) mass is 538 g/mol. The second-order valence-corrected chi connectivity index (χ2v) is 11.3. The lowest BCUT2D eigenvalue weighted by Crippen LogP contribution is -2.57. The van der Waals surface area contributed by atoms with E-state index in [1.165, 1.54) is 12.2 Å². The Morgan fingerprint density at radius 1 is 1.05 bits per heavy atom. The molecule has 1 fully saturated rings. The standard InChI is InChI=1S/C27H46N4O7/c1-9-37-21(32)11-10-19(15-18-12-13-28-23(18)33)29-24(34)20(14-16(2)3)30-25(35)22(17(4)5)31-26(36)38-27(6,7)8/h10-11,16-20,22H,9,12-15H2,1-8H3,(H,28,33)(H,29,34)(H,30,35)(H,31,36)/b11-10+/t18-,19+,20-,22-/m0/s1. The number of carbonyl (C=O) groups excluding carboxylic acids is 5. The number of hydrogen-bond donors (Lipinski definition) is 4. The molecule has 0 aromatic carbocycles. The van der Waals surface area contributed by atoms with Gasteiger partial charge in [0.2, 0.25) is 17.7 Å². The van der Waals surface area contributed by atoms with E-state index in [1.54, 1.807) is 41.5 Å². The normalized spacial score (nSPS) is 18.1. The highest BCUT2D eigenvalue weighted by Crippen LogP contribution is 2.18. The van der Waals surface area contributed by atoms with Gasteiger partial charge in [-0.1, -0.05) is 33.8 Å². The molecule has 11 nitrogen and oxygen atoms in total. The highest BCUT2D eigenvalue weighted by Gasteiger charge is 2.32. The molecular weight excluding hydrogens is 492 g/mol. The zero-order valence-electron chi connectivity index (χ0n) is 24.0. The van der Waals surface area contributed by atoms with Crippen LogP contribution in [0.3, 0.4) is 0 Å². The third-order valence-corrected chi connectivity index (χ3v) is 5.74. The number of nitrogens with one attached hydrogen (secondary N) is 4. The summed E-state index contributed by atoms with van der Waals surface area (Å²) in [5.74, 6) is -2.14. The predicted molar refractivity (Wildman–Crippen MR) is 143 cm³/mol. The summed E-state index contributed by atoms with van der Waals surface area (Å²) in [6.07, 6.45) is 3.28. The number of hydrogen-bond acceptors (Lipinski definition) is 7. The molecule has 11 heteroatoms. The molecule has 0 aromatic rings. The van der Waals surface area contributed by atoms with Gasteiger partial charge >= 0.3 is 12.1 Å². The predicted octanol–water partition coefficient (Wildman–Crippen LogP) is 2.20. The maximum absolute atomic E-state index is 13.4. The van der Waals surface area contributed by atoms with Crippen molar-refractivity contribution in [2.75, 3.05) is 13.2 Å². The minimum Gasteiger partial charge on any atom is -0.463 e. The van der Waals surface area contributed by atoms with Gasteiger partial charge in [0, 0.05) is 24.6 Å². The Balaban J connectivity index is 3.04. The second kappa shape index (κ2) is 15.3. The van der Waals surface area contributed by atoms with E-state index in [0.29, 0.717) is 25.8 Å². The van der Waals surface area contributed by atoms with Crippen LogP contribution in [0.5, 0.6) is 0 Å². The molecule has 0 aliphatic carbocycles. The molecule has 1 saturated heterocycles. The summed E-state index contributed by atoms with van der Waals surface area (Å²) in [5.41, 5.74) is -0.732. The van der Waals surface area contributed by atoms with Crippen molar-refractivity contribution in [1.82, 2.24) is 21.3 Å². The van der Waals surface area contributed by atoms with Crippen molar-refractivity contribution in [1.29, 1.82) is 0 Å². The Morgan fingerprint density at radius 3 is 2.21 bits per heavy atom. The van der Waals surface area contributed by atoms with Gasteiger partial charge in [0.1, 0.15) is 17.7 Å². The van der Waals surface area contributed by atoms with Crippen LogP contribution in [-0.2, 0) is 28.7 Å². The van der Waals surface area contributed by atoms with E-state index in [-0.39, 0.29) is 30.3 Å². The highest BCUT2D eigenvalue weighted by molar-refractivity contribution is 5.92. The number of alkyl carbamates (subject to hydrolysis) is 1. The first kappa shape index (κ1) is 32.9. The molecule has 1 aliphatic rings. The molecule has 1 aliphatic heterocycles. The lowest BCUT2D eigenvalue weighted by molar-refractivity contribution is -0.137. The van der Waals surface area contributed by atoms with Crippen LogP contribution in [0.15, 0.2) is 12.2 Å². The van der Waals surface area contributed by atoms with Gasteiger partial charge < -0.3 is 30.7 Å². The van der Waals surface area contributed by atoms with Crippen LogP contribution in [0.2, 0.25) is 0 Å². The number of amides is 4. The summed E-state index contributed by atoms with van der Waals surface area (Å²) in [4.78, 5) is 62.9. The summed E-state index contributed by atoms with van der Waals surface area (Å²) in [5, 5.41) is 11.0. The summed E-state index contributed by atoms with van der Waals surface area (Å²) >= 11 is 0. The SMILES string of the molecule is CCOC(=O)/C=C/[C@H](C[C@@H]1CCNC1=O)NC(=O)[C@H](CC(C)C)NC(=O)[C@@H](NC(=O)OC(C)(C)C)C(C)C. The third kappa shape index (κ3) is 12.4. The smallest absolute Gasteiger partial charge is 0.408 e. The Labute approximate surface area is 226 Å². The van der Waals surface area contributed by atoms with E-state index in [2.05, 4.69) is 21.3 Å². The zero-order valence-corrected chi connectivity index (χ0v) is 24.0. The Bertz CT molecular complexity index is 864. The molecule has 4 amide bonds. The highest BCUT2D eigenvalue weighted by atomic mass is 16.6. The number of carbonyl (C=O) groups is 5. The van der Waals surface area contributed by atoms with E-state index < -0.39 is 47.6 Å². The molecule has 0 bridgehead atoms. The van der Waals surface area contributed by atoms with Crippen LogP contribution >= 0.6 is 0 Å². The van der Waals surface area contributed by atoms with Gasteiger partial charge in [-0.25, -0.2) is 9.59 Å². The molecule has 0 radical (unpaired) electrons. The van der Waals surface area contributed by atoms with Gasteiger partial charge in [-0.05, 0) is 58.8 Å². The van der Waals surface area contributed by atoms with Gasteiger partial charge in [0.05, 0.1) is 6.61 Å². The Kier molecular flexibility index (Phi) is 13.3. The van der Waals surface area contributed by atoms with Crippen LogP contribution in [0, 0.1) is 17.8 Å². The second-order valence-electron chi connectivity index (χ2n) is 11.3. The first-order valence-electron chi connectivity index (χ1n) is 13.4. The molecule has 4 atom stereocenters. The maximum Gasteiger partial charge on any atom is 0.408 e. The summed E-state index contributed by atoms with van der Waals surface area (Å²) < 4.78 is 10.2. The first-order valence-corrected chi connectivity index (χ1v) is 13.4. The van der Waals surface area contributed by atoms with Crippen molar-refractivity contribution in [3.63, 3.8) is 0 Å². The van der Waals surface area contributed by atoms with Crippen molar-refractivity contribution in [3.8, 4) is 0 Å². The average Bonchev–Trinajstić information content (AvgIpc) is 3.17. The van der Waals surface area contributed by atoms with Crippen molar-refractivity contribution in [3.05, 3.63) is 12.2 Å². The average molecular weight is 539 g/mol. The van der Waals surface area contributed by atoms with E-state index in [0.717, 1.165) is 0 Å². The Hall–Kier alpha value is -3.11. The van der Waals surface area contributed by atoms with E-state index in [1.807, 2.05) is 13.8 Å². The fourth-order valence-electron chi connectivity index (χ4n) is 3.96. The molecule has 0 unspecified atom stereocenters. The lowest BCUT2D eigenvalue weighted by atomic mass is 9.96. The van der Waals surface area contributed by atoms with E-state index in [4.69, 9.17) is 9.47 Å². The zero-order chi connectivity index (χ0) is 29.0. The molecule has 0 spiro atoms. The van der Waals surface area contributed by atoms with Crippen LogP contribution in [0.1, 0.15) is 74.7 Å². The molecular formula is C27H46N4O7. The molecule has 1 heterocycles. The van der Waals surface area contributed by atoms with E-state index >= 15 is 0 Å². The molecule has 0 aromatic heterocycles. The summed E-state index contributed by atoms with van der Waals surface area (Å²) in [7, 11) is 0. The van der Waals surface area contributed by atoms with Crippen molar-refractivity contribution >= 4 is 29.8 Å². The van der Waals surface area contributed by atoms with Gasteiger partial charge in [0.15, 0.2) is 0 Å². The fraction of sp³-hybridized carbons (Fsp3) is 0.741. The minimum atomic E-state index is -0.922. The van der Waals surface area contributed by atoms with Crippen LogP contribution in [-0.4, -0.2) is 66.7 Å². The van der Waals surface area contributed by atoms with Crippen molar-refractivity contribution < 1.29 is 33.4 Å². The fourth-order valence-corrected chi connectivity index (χ4v) is 3.96. The number of rotatable bonds is 13. The van der Waals surface area contributed by atoms with Gasteiger partial charge in [-0.3, -0.25) is 14.4 Å². The van der Waals surface area contributed by atoms with Crippen molar-refractivity contribution in [2.45, 2.75) is 98.4 Å². The number of esters is 1. The molecule has 0 saturated carbocycles. The first-order chi connectivity index (χ1) is 17.6. The van der Waals surface area contributed by atoms with Gasteiger partial charge in [-0.15, -0.1) is 0 Å². The molecule has 38 heavy (non-hydrogen) atoms. The minimum absolute atomic E-state index is 0.0662. The maximum atomic E-state index is 13.4. The van der Waals surface area contributed by atoms with Gasteiger partial charge in [0.25, 0.3) is 0 Å². The number of ether oxygens (including phenoxy) is 2. The Morgan fingerprint density at radius 2 is 1.71 bits per heavy atom. The third-order valence-electron chi connectivity index (χ3n) is 5.74. The summed E-state index contributed by atoms with van der Waals surface area (Å²) in [6, 6.07) is -2.46. The van der Waals surface area contributed by atoms with Crippen LogP contribution < -0.4 is 21.3 Å². The largest absolute Gasteiger partial charge is 0.463 e. The van der Waals surface area contributed by atoms with Crippen LogP contribution in [0.25, 0.3) is 0 Å². The molecule has 216 valence electrons. The molecule has 1 rings (SSSR count). The van der Waals surface area contributed by atoms with Crippen molar-refractivity contribution in [2.24, 2.45) is 17.8 Å². The summed E-state index contributed by atoms with van der Waals surface area (Å²) in [6.45, 7) is 15.0. The van der Waals surface area contributed by atoms with Gasteiger partial charge in [-0.2, -0.15) is 0 Å². The lowest BCUT2D eigenvalue weighted by Gasteiger charge is -2.28. The topological polar surface area (TPSA) is 152 Å². The van der Waals surface area contributed by atoms with Crippen LogP contribution in [0.4, 0.5) is 4.79 Å².